The molecule has 2 heterocycles. The molecule has 3 rings (SSSR count). The topological polar surface area (TPSA) is 68.9 Å². The van der Waals surface area contributed by atoms with Gasteiger partial charge in [0.05, 0.1) is 0 Å². The zero-order chi connectivity index (χ0) is 18.7. The molecule has 0 saturated heterocycles. The molecule has 0 radical (unpaired) electrons. The van der Waals surface area contributed by atoms with E-state index in [1.54, 1.807) is 28.8 Å². The number of allylic oxidation sites excluding steroid dienone is 1. The van der Waals surface area contributed by atoms with Crippen molar-refractivity contribution < 1.29 is 9.18 Å². The van der Waals surface area contributed by atoms with Crippen molar-refractivity contribution in [2.45, 2.75) is 19.6 Å². The number of thiazole rings is 1. The summed E-state index contributed by atoms with van der Waals surface area (Å²) in [6.45, 7) is 3.96. The maximum atomic E-state index is 13.6. The van der Waals surface area contributed by atoms with Gasteiger partial charge in [-0.25, -0.2) is 9.37 Å². The third-order valence-electron chi connectivity index (χ3n) is 3.70. The Morgan fingerprint density at radius 1 is 1.42 bits per heavy atom. The molecule has 0 saturated carbocycles. The summed E-state index contributed by atoms with van der Waals surface area (Å²) in [4.78, 5) is 28.9. The quantitative estimate of drug-likeness (QED) is 0.519. The number of hydrogen-bond donors (Lipinski definition) is 1. The lowest BCUT2D eigenvalue weighted by Gasteiger charge is -2.08. The third-order valence-corrected chi connectivity index (χ3v) is 5.13. The second-order valence-corrected chi connectivity index (χ2v) is 7.11. The van der Waals surface area contributed by atoms with E-state index in [0.717, 1.165) is 11.3 Å². The number of nitrogens with zero attached hydrogens (tertiary/aromatic N) is 3. The molecule has 0 spiro atoms. The standard InChI is InChI=1S/C17H15FN4O2S2/c1-2-7-22-15-14(26-17(22)25)16(24)21(10-20-15)9-13(23)19-8-11-5-3-4-6-12(11)18/h2-6,10H,1,7-9H2,(H,19,23). The first-order valence-electron chi connectivity index (χ1n) is 7.71. The summed E-state index contributed by atoms with van der Waals surface area (Å²) >= 11 is 6.40. The van der Waals surface area contributed by atoms with Crippen molar-refractivity contribution >= 4 is 39.8 Å². The molecule has 1 aromatic carbocycles. The van der Waals surface area contributed by atoms with Crippen LogP contribution in [0.4, 0.5) is 4.39 Å². The Morgan fingerprint density at radius 2 is 2.19 bits per heavy atom. The van der Waals surface area contributed by atoms with Gasteiger partial charge in [-0.3, -0.25) is 14.2 Å². The van der Waals surface area contributed by atoms with Crippen molar-refractivity contribution in [1.82, 2.24) is 19.4 Å². The van der Waals surface area contributed by atoms with Gasteiger partial charge >= 0.3 is 0 Å². The smallest absolute Gasteiger partial charge is 0.273 e. The summed E-state index contributed by atoms with van der Waals surface area (Å²) in [7, 11) is 0. The number of halogens is 1. The minimum atomic E-state index is -0.411. The van der Waals surface area contributed by atoms with E-state index in [0.29, 0.717) is 26.4 Å². The Hall–Kier alpha value is -2.65. The molecule has 9 heteroatoms. The lowest BCUT2D eigenvalue weighted by atomic mass is 10.2. The summed E-state index contributed by atoms with van der Waals surface area (Å²) in [5.74, 6) is -0.804. The van der Waals surface area contributed by atoms with Crippen molar-refractivity contribution in [3.05, 3.63) is 68.9 Å². The first-order valence-corrected chi connectivity index (χ1v) is 8.93. The molecule has 2 aromatic heterocycles. The van der Waals surface area contributed by atoms with E-state index >= 15 is 0 Å². The van der Waals surface area contributed by atoms with Crippen LogP contribution in [0, 0.1) is 9.77 Å². The number of fused-ring (bicyclic) bond motifs is 1. The van der Waals surface area contributed by atoms with Gasteiger partial charge in [0.25, 0.3) is 5.56 Å². The fraction of sp³-hybridized carbons (Fsp3) is 0.176. The minimum absolute atomic E-state index is 0.0462. The van der Waals surface area contributed by atoms with Crippen molar-refractivity contribution in [3.8, 4) is 0 Å². The van der Waals surface area contributed by atoms with E-state index in [4.69, 9.17) is 12.2 Å². The van der Waals surface area contributed by atoms with Crippen molar-refractivity contribution in [1.29, 1.82) is 0 Å². The van der Waals surface area contributed by atoms with Crippen LogP contribution in [0.15, 0.2) is 48.0 Å². The molecule has 6 nitrogen and oxygen atoms in total. The SMILES string of the molecule is C=CCn1c(=S)sc2c(=O)n(CC(=O)NCc3ccccc3F)cnc21. The Balaban J connectivity index is 1.78. The zero-order valence-corrected chi connectivity index (χ0v) is 15.3. The number of amides is 1. The van der Waals surface area contributed by atoms with Crippen LogP contribution in [-0.4, -0.2) is 20.0 Å². The minimum Gasteiger partial charge on any atom is -0.350 e. The number of carbonyl (C=O) groups excluding carboxylic acids is 1. The molecule has 1 N–H and O–H groups in total. The summed E-state index contributed by atoms with van der Waals surface area (Å²) < 4.78 is 17.4. The maximum absolute atomic E-state index is 13.6. The number of aromatic nitrogens is 3. The van der Waals surface area contributed by atoms with Crippen LogP contribution in [0.2, 0.25) is 0 Å². The van der Waals surface area contributed by atoms with Gasteiger partial charge in [0.2, 0.25) is 5.91 Å². The van der Waals surface area contributed by atoms with E-state index in [-0.39, 0.29) is 18.6 Å². The first kappa shape index (κ1) is 18.2. The van der Waals surface area contributed by atoms with Crippen LogP contribution in [0.5, 0.6) is 0 Å². The van der Waals surface area contributed by atoms with Gasteiger partial charge in [-0.05, 0) is 18.3 Å². The molecule has 26 heavy (non-hydrogen) atoms. The van der Waals surface area contributed by atoms with Gasteiger partial charge in [-0.2, -0.15) is 0 Å². The summed E-state index contributed by atoms with van der Waals surface area (Å²) in [5.41, 5.74) is 0.518. The maximum Gasteiger partial charge on any atom is 0.273 e. The van der Waals surface area contributed by atoms with Gasteiger partial charge in [-0.1, -0.05) is 35.6 Å². The molecule has 1 amide bonds. The van der Waals surface area contributed by atoms with Crippen LogP contribution < -0.4 is 10.9 Å². The number of carbonyl (C=O) groups is 1. The second-order valence-electron chi connectivity index (χ2n) is 5.47. The largest absolute Gasteiger partial charge is 0.350 e. The Kier molecular flexibility index (Phi) is 5.38. The molecular formula is C17H15FN4O2S2. The second kappa shape index (κ2) is 7.71. The van der Waals surface area contributed by atoms with Gasteiger partial charge < -0.3 is 9.88 Å². The molecular weight excluding hydrogens is 375 g/mol. The van der Waals surface area contributed by atoms with Crippen LogP contribution in [0.1, 0.15) is 5.56 Å². The highest BCUT2D eigenvalue weighted by Gasteiger charge is 2.13. The number of rotatable bonds is 6. The fourth-order valence-electron chi connectivity index (χ4n) is 2.42. The van der Waals surface area contributed by atoms with Crippen molar-refractivity contribution in [2.24, 2.45) is 0 Å². The van der Waals surface area contributed by atoms with E-state index in [9.17, 15) is 14.0 Å². The number of hydrogen-bond acceptors (Lipinski definition) is 5. The highest BCUT2D eigenvalue weighted by molar-refractivity contribution is 7.73. The Morgan fingerprint density at radius 3 is 2.92 bits per heavy atom. The fourth-order valence-corrected chi connectivity index (χ4v) is 3.74. The van der Waals surface area contributed by atoms with E-state index in [1.165, 1.54) is 17.0 Å². The van der Waals surface area contributed by atoms with Gasteiger partial charge in [-0.15, -0.1) is 6.58 Å². The summed E-state index contributed by atoms with van der Waals surface area (Å²) in [6, 6.07) is 6.18. The third kappa shape index (κ3) is 3.63. The average molecular weight is 390 g/mol. The van der Waals surface area contributed by atoms with E-state index in [2.05, 4.69) is 16.9 Å². The molecule has 134 valence electrons. The van der Waals surface area contributed by atoms with Gasteiger partial charge in [0.15, 0.2) is 9.60 Å². The van der Waals surface area contributed by atoms with Crippen molar-refractivity contribution in [2.75, 3.05) is 0 Å². The Labute approximate surface area is 157 Å². The molecule has 0 unspecified atom stereocenters. The molecule has 3 aromatic rings. The van der Waals surface area contributed by atoms with Crippen LogP contribution >= 0.6 is 23.6 Å². The average Bonchev–Trinajstić information content (AvgIpc) is 2.94. The molecule has 0 aliphatic heterocycles. The normalized spacial score (nSPS) is 10.8. The monoisotopic (exact) mass is 390 g/mol. The highest BCUT2D eigenvalue weighted by atomic mass is 32.1. The lowest BCUT2D eigenvalue weighted by Crippen LogP contribution is -2.32. The first-order chi connectivity index (χ1) is 12.5. The van der Waals surface area contributed by atoms with Gasteiger partial charge in [0.1, 0.15) is 23.4 Å². The zero-order valence-electron chi connectivity index (χ0n) is 13.6. The molecule has 0 aliphatic carbocycles. The van der Waals surface area contributed by atoms with Crippen molar-refractivity contribution in [3.63, 3.8) is 0 Å². The lowest BCUT2D eigenvalue weighted by molar-refractivity contribution is -0.121. The molecule has 0 bridgehead atoms. The van der Waals surface area contributed by atoms with E-state index in [1.807, 2.05) is 0 Å². The Bertz CT molecular complexity index is 1100. The number of benzene rings is 1. The van der Waals surface area contributed by atoms with Gasteiger partial charge in [0, 0.05) is 18.7 Å². The van der Waals surface area contributed by atoms with Crippen LogP contribution in [0.3, 0.4) is 0 Å². The van der Waals surface area contributed by atoms with Crippen LogP contribution in [-0.2, 0) is 24.4 Å². The summed E-state index contributed by atoms with van der Waals surface area (Å²) in [5, 5.41) is 2.60. The molecule has 0 fully saturated rings. The summed E-state index contributed by atoms with van der Waals surface area (Å²) in [6.07, 6.45) is 2.99. The van der Waals surface area contributed by atoms with Crippen LogP contribution in [0.25, 0.3) is 10.3 Å². The predicted octanol–water partition coefficient (Wildman–Crippen LogP) is 2.63. The highest BCUT2D eigenvalue weighted by Crippen LogP contribution is 2.17. The predicted molar refractivity (Wildman–Crippen MR) is 101 cm³/mol. The number of nitrogens with one attached hydrogen (secondary N) is 1. The van der Waals surface area contributed by atoms with E-state index < -0.39 is 11.7 Å². The molecule has 0 aliphatic rings. The molecule has 0 atom stereocenters.